The van der Waals surface area contributed by atoms with Gasteiger partial charge in [0.05, 0.1) is 10.8 Å². The summed E-state index contributed by atoms with van der Waals surface area (Å²) in [6.07, 6.45) is 2.87. The molecule has 0 saturated carbocycles. The summed E-state index contributed by atoms with van der Waals surface area (Å²) in [6, 6.07) is 0. The first-order valence-corrected chi connectivity index (χ1v) is 5.12. The summed E-state index contributed by atoms with van der Waals surface area (Å²) in [6.45, 7) is 0.0956. The minimum absolute atomic E-state index is 0.0956. The van der Waals surface area contributed by atoms with Crippen LogP contribution in [0.3, 0.4) is 0 Å². The Morgan fingerprint density at radius 3 is 3.00 bits per heavy atom. The molecule has 72 valence electrons. The minimum atomic E-state index is -1.22. The molecule has 0 spiro atoms. The van der Waals surface area contributed by atoms with Crippen LogP contribution in [0.4, 0.5) is 0 Å². The lowest BCUT2D eigenvalue weighted by atomic mass is 10.6. The highest BCUT2D eigenvalue weighted by Crippen LogP contribution is 1.98. The van der Waals surface area contributed by atoms with Crippen LogP contribution in [0.1, 0.15) is 0 Å². The van der Waals surface area contributed by atoms with Crippen LogP contribution in [-0.2, 0) is 22.1 Å². The molecule has 0 radical (unpaired) electrons. The van der Waals surface area contributed by atoms with Crippen LogP contribution in [0.25, 0.3) is 0 Å². The van der Waals surface area contributed by atoms with E-state index in [2.05, 4.69) is 15.5 Å². The van der Waals surface area contributed by atoms with Gasteiger partial charge in [-0.15, -0.1) is 10.2 Å². The zero-order chi connectivity index (χ0) is 9.84. The van der Waals surface area contributed by atoms with Crippen molar-refractivity contribution in [1.29, 1.82) is 0 Å². The van der Waals surface area contributed by atoms with E-state index in [0.717, 1.165) is 0 Å². The van der Waals surface area contributed by atoms with Crippen molar-refractivity contribution >= 4 is 16.7 Å². The first-order valence-electron chi connectivity index (χ1n) is 3.57. The number of carbonyl (C=O) groups is 1. The van der Waals surface area contributed by atoms with E-state index in [9.17, 15) is 9.00 Å². The zero-order valence-corrected chi connectivity index (χ0v) is 8.17. The number of carbonyl (C=O) groups excluding carboxylic acids is 1. The van der Waals surface area contributed by atoms with Crippen LogP contribution in [0.15, 0.2) is 11.5 Å². The second kappa shape index (κ2) is 4.13. The predicted octanol–water partition coefficient (Wildman–Crippen LogP) is -1.24. The van der Waals surface area contributed by atoms with Crippen molar-refractivity contribution in [3.63, 3.8) is 0 Å². The topological polar surface area (TPSA) is 76.9 Å². The summed E-state index contributed by atoms with van der Waals surface area (Å²) < 4.78 is 12.5. The van der Waals surface area contributed by atoms with E-state index < -0.39 is 10.8 Å². The van der Waals surface area contributed by atoms with E-state index in [4.69, 9.17) is 0 Å². The molecule has 1 heterocycles. The molecular formula is C6H10N4O2S. The Labute approximate surface area is 77.8 Å². The molecule has 0 aromatic carbocycles. The second-order valence-corrected chi connectivity index (χ2v) is 3.64. The molecule has 0 fully saturated rings. The molecule has 13 heavy (non-hydrogen) atoms. The van der Waals surface area contributed by atoms with Gasteiger partial charge in [-0.2, -0.15) is 0 Å². The van der Waals surface area contributed by atoms with Gasteiger partial charge in [-0.05, 0) is 0 Å². The zero-order valence-electron chi connectivity index (χ0n) is 7.35. The van der Waals surface area contributed by atoms with Crippen molar-refractivity contribution in [3.8, 4) is 0 Å². The van der Waals surface area contributed by atoms with Gasteiger partial charge in [-0.25, -0.2) is 0 Å². The number of amides is 1. The number of hydrogen-bond acceptors (Lipinski definition) is 4. The Morgan fingerprint density at radius 1 is 1.77 bits per heavy atom. The van der Waals surface area contributed by atoms with Crippen LogP contribution >= 0.6 is 0 Å². The highest BCUT2D eigenvalue weighted by atomic mass is 32.2. The highest BCUT2D eigenvalue weighted by Gasteiger charge is 2.09. The third kappa shape index (κ3) is 2.35. The summed E-state index contributed by atoms with van der Waals surface area (Å²) in [7, 11) is 0.319. The molecule has 1 rings (SSSR count). The van der Waals surface area contributed by atoms with E-state index in [-0.39, 0.29) is 12.5 Å². The van der Waals surface area contributed by atoms with Gasteiger partial charge in [-0.1, -0.05) is 0 Å². The third-order valence-electron chi connectivity index (χ3n) is 1.43. The van der Waals surface area contributed by atoms with Crippen molar-refractivity contribution in [2.75, 3.05) is 13.3 Å². The average Bonchev–Trinajstić information content (AvgIpc) is 2.52. The third-order valence-corrected chi connectivity index (χ3v) is 2.26. The van der Waals surface area contributed by atoms with E-state index in [0.29, 0.717) is 5.16 Å². The van der Waals surface area contributed by atoms with Crippen molar-refractivity contribution in [2.24, 2.45) is 0 Å². The fraction of sp³-hybridized carbons (Fsp3) is 0.500. The second-order valence-electron chi connectivity index (χ2n) is 2.37. The Kier molecular flexibility index (Phi) is 3.13. The molecule has 0 saturated heterocycles. The lowest BCUT2D eigenvalue weighted by Crippen LogP contribution is -2.24. The molecular weight excluding hydrogens is 192 g/mol. The molecule has 0 aliphatic carbocycles. The van der Waals surface area contributed by atoms with Crippen molar-refractivity contribution < 1.29 is 9.00 Å². The summed E-state index contributed by atoms with van der Waals surface area (Å²) in [5, 5.41) is 9.97. The van der Waals surface area contributed by atoms with Crippen LogP contribution in [-0.4, -0.2) is 38.2 Å². The number of aromatic nitrogens is 3. The SMILES string of the molecule is CNC(=O)Cn1cnnc1S(C)=O. The minimum Gasteiger partial charge on any atom is -0.358 e. The van der Waals surface area contributed by atoms with Gasteiger partial charge in [0, 0.05) is 13.3 Å². The van der Waals surface area contributed by atoms with E-state index >= 15 is 0 Å². The first-order chi connectivity index (χ1) is 6.15. The lowest BCUT2D eigenvalue weighted by Gasteiger charge is -2.02. The number of likely N-dealkylation sites (N-methyl/N-ethyl adjacent to an activating group) is 1. The summed E-state index contributed by atoms with van der Waals surface area (Å²) in [5.41, 5.74) is 0. The molecule has 6 nitrogen and oxygen atoms in total. The maximum absolute atomic E-state index is 11.1. The monoisotopic (exact) mass is 202 g/mol. The normalized spacial score (nSPS) is 12.5. The van der Waals surface area contributed by atoms with Gasteiger partial charge in [0.15, 0.2) is 0 Å². The quantitative estimate of drug-likeness (QED) is 0.665. The van der Waals surface area contributed by atoms with E-state index in [1.54, 1.807) is 0 Å². The van der Waals surface area contributed by atoms with Crippen molar-refractivity contribution in [3.05, 3.63) is 6.33 Å². The number of rotatable bonds is 3. The Balaban J connectivity index is 2.82. The fourth-order valence-electron chi connectivity index (χ4n) is 0.809. The van der Waals surface area contributed by atoms with Gasteiger partial charge in [-0.3, -0.25) is 13.6 Å². The number of nitrogens with zero attached hydrogens (tertiary/aromatic N) is 3. The van der Waals surface area contributed by atoms with Crippen LogP contribution in [0, 0.1) is 0 Å². The molecule has 0 aliphatic rings. The molecule has 1 atom stereocenters. The molecule has 1 unspecified atom stereocenters. The maximum atomic E-state index is 11.1. The van der Waals surface area contributed by atoms with Crippen LogP contribution in [0.2, 0.25) is 0 Å². The Hall–Kier alpha value is -1.24. The van der Waals surface area contributed by atoms with Crippen molar-refractivity contribution in [1.82, 2.24) is 20.1 Å². The maximum Gasteiger partial charge on any atom is 0.239 e. The number of hydrogen-bond donors (Lipinski definition) is 1. The van der Waals surface area contributed by atoms with Gasteiger partial charge < -0.3 is 5.32 Å². The molecule has 0 bridgehead atoms. The largest absolute Gasteiger partial charge is 0.358 e. The molecule has 1 aromatic rings. The summed E-state index contributed by atoms with van der Waals surface area (Å²) in [5.74, 6) is -0.175. The molecule has 1 aromatic heterocycles. The fourth-order valence-corrected chi connectivity index (χ4v) is 1.41. The van der Waals surface area contributed by atoms with Crippen molar-refractivity contribution in [2.45, 2.75) is 11.7 Å². The summed E-state index contributed by atoms with van der Waals surface area (Å²) >= 11 is 0. The molecule has 1 N–H and O–H groups in total. The Morgan fingerprint density at radius 2 is 2.46 bits per heavy atom. The smallest absolute Gasteiger partial charge is 0.239 e. The molecule has 0 aliphatic heterocycles. The highest BCUT2D eigenvalue weighted by molar-refractivity contribution is 7.84. The Bertz CT molecular complexity index is 335. The first kappa shape index (κ1) is 9.85. The molecule has 7 heteroatoms. The van der Waals surface area contributed by atoms with Crippen LogP contribution in [0.5, 0.6) is 0 Å². The molecule has 1 amide bonds. The average molecular weight is 202 g/mol. The van der Waals surface area contributed by atoms with Gasteiger partial charge in [0.1, 0.15) is 12.9 Å². The van der Waals surface area contributed by atoms with Crippen LogP contribution < -0.4 is 5.32 Å². The standard InChI is InChI=1S/C6H10N4O2S/c1-7-5(11)3-10-4-8-9-6(10)13(2)12/h4H,3H2,1-2H3,(H,7,11). The van der Waals surface area contributed by atoms with E-state index in [1.165, 1.54) is 24.2 Å². The van der Waals surface area contributed by atoms with Gasteiger partial charge in [0.25, 0.3) is 0 Å². The van der Waals surface area contributed by atoms with Gasteiger partial charge in [0.2, 0.25) is 11.1 Å². The lowest BCUT2D eigenvalue weighted by molar-refractivity contribution is -0.121. The predicted molar refractivity (Wildman–Crippen MR) is 46.4 cm³/mol. The summed E-state index contributed by atoms with van der Waals surface area (Å²) in [4.78, 5) is 11.0. The van der Waals surface area contributed by atoms with E-state index in [1.807, 2.05) is 0 Å². The number of nitrogens with one attached hydrogen (secondary N) is 1. The van der Waals surface area contributed by atoms with Gasteiger partial charge >= 0.3 is 0 Å².